The first kappa shape index (κ1) is 106. The molecule has 15 N–H and O–H groups in total. The molecule has 2 fully saturated rings. The van der Waals surface area contributed by atoms with Gasteiger partial charge in [-0.25, -0.2) is 46.9 Å². The van der Waals surface area contributed by atoms with Gasteiger partial charge in [0.2, 0.25) is 17.7 Å². The van der Waals surface area contributed by atoms with Crippen molar-refractivity contribution in [1.29, 1.82) is 0 Å². The summed E-state index contributed by atoms with van der Waals surface area (Å²) in [6.07, 6.45) is 13.9. The van der Waals surface area contributed by atoms with E-state index in [4.69, 9.17) is 52.4 Å². The SMILES string of the molecule is CC(C)(C)C(=O)NCCCCCCOc1cccc2c1C(N)=NS(=O)(=O)C2.CC(C)C(=O)N1CCC[C@@H]1COc1cccc2c1C(N)=NS(=O)(=O)C2.CCCCNC(=O)C(Oc1cccc2c1C(N)=NS(=O)(=O)C2)C(C)C.CCCNC(=O)C1(COc2cccc3c2C(N)=NS(=O)(=O)C3)CC1.CCc1ccc(CNC(=O)NCCCCCCOc2cccc3c2C(N)=NS(=O)(=O)C3)cc1. The van der Waals surface area contributed by atoms with E-state index in [0.717, 1.165) is 115 Å². The van der Waals surface area contributed by atoms with E-state index in [1.54, 1.807) is 91.0 Å². The Hall–Kier alpha value is -11.4. The second-order valence-corrected chi connectivity index (χ2v) is 43.5. The highest BCUT2D eigenvalue weighted by Gasteiger charge is 2.51. The molecule has 6 heterocycles. The van der Waals surface area contributed by atoms with Gasteiger partial charge in [0.05, 0.1) is 81.3 Å². The molecule has 1 aliphatic carbocycles. The highest BCUT2D eigenvalue weighted by atomic mass is 32.2. The number of nitrogens with two attached hydrogens (primary N) is 5. The van der Waals surface area contributed by atoms with E-state index in [2.05, 4.69) is 74.6 Å². The van der Waals surface area contributed by atoms with E-state index in [1.807, 2.05) is 72.4 Å². The molecule has 1 saturated carbocycles. The van der Waals surface area contributed by atoms with Crippen molar-refractivity contribution < 1.29 is 89.7 Å². The fourth-order valence-corrected chi connectivity index (χ4v) is 20.6. The first-order chi connectivity index (χ1) is 63.4. The Bertz CT molecular complexity index is 5940. The van der Waals surface area contributed by atoms with Gasteiger partial charge in [0, 0.05) is 50.6 Å². The normalized spacial score (nSPS) is 17.4. The number of ether oxygens (including phenoxy) is 5. The van der Waals surface area contributed by atoms with Crippen LogP contribution >= 0.6 is 0 Å². The standard InChI is InChI=1S/C24H32N4O4S.C19H29N3O4S.C17H23N3O4S.C17H25N3O4S.C16H21N3O4S/c1-2-18-10-12-19(13-11-18)16-27-24(29)26-14-5-3-4-6-15-32-21-9-7-8-20-17-33(30,31)28-23(25)22(20)21;1-19(2,3)18(23)21-11-6-4-5-7-12-26-15-10-8-9-14-13-27(24,25)22-17(20)16(14)15;1-11(2)17(21)20-8-4-6-13(20)9-24-14-7-3-5-12-10-25(22,23)19-16(18)15(12)14;1-4-5-9-19-17(21)15(11(2)3)24-13-8-6-7-12-10-25(22,23)20-16(18)14(12)13;1-2-8-18-15(20)16(6-7-16)10-23-12-5-3-4-11-9-24(21,22)19-14(17)13(11)12/h7-13H,2-6,14-17H2,1H3,(H2,25,28)(H2,26,27,29);8-10H,4-7,11-13H2,1-3H3,(H2,20,22)(H,21,23);3,5,7,11,13H,4,6,8-10H2,1-2H3,(H2,18,19);6-8,11,15H,4-5,9-10H2,1-3H3,(H2,18,20)(H,19,21);3-5H,2,6-10H2,1H3,(H2,17,19)(H,18,20)/t;;13-;;/m..1../s1. The number of likely N-dealkylation sites (tertiary alicyclic amines) is 1. The fraction of sp³-hybridized carbons (Fsp3) is 0.505. The van der Waals surface area contributed by atoms with Crippen LogP contribution in [0.3, 0.4) is 0 Å². The Morgan fingerprint density at radius 1 is 0.448 bits per heavy atom. The molecule has 1 saturated heterocycles. The minimum absolute atomic E-state index is 0.0124. The lowest BCUT2D eigenvalue weighted by atomic mass is 9.96. The van der Waals surface area contributed by atoms with Crippen LogP contribution in [0.1, 0.15) is 232 Å². The maximum Gasteiger partial charge on any atom is 0.315 e. The Labute approximate surface area is 787 Å². The molecule has 7 aliphatic rings. The number of fused-ring (bicyclic) bond motifs is 5. The molecule has 0 spiro atoms. The van der Waals surface area contributed by atoms with Crippen LogP contribution < -0.4 is 78.9 Å². The first-order valence-electron chi connectivity index (χ1n) is 45.3. The number of nitrogens with zero attached hydrogens (tertiary/aromatic N) is 6. The van der Waals surface area contributed by atoms with Gasteiger partial charge in [-0.15, -0.1) is 22.0 Å². The maximum absolute atomic E-state index is 12.4. The monoisotopic (exact) mass is 1950 g/mol. The molecule has 41 heteroatoms. The van der Waals surface area contributed by atoms with Crippen LogP contribution in [0.2, 0.25) is 0 Å². The van der Waals surface area contributed by atoms with Crippen LogP contribution in [0.5, 0.6) is 28.7 Å². The predicted molar refractivity (Wildman–Crippen MR) is 518 cm³/mol. The number of unbranched alkanes of at least 4 members (excludes halogenated alkanes) is 7. The van der Waals surface area contributed by atoms with Crippen LogP contribution in [-0.4, -0.2) is 177 Å². The summed E-state index contributed by atoms with van der Waals surface area (Å²) in [5, 5.41) is 14.5. The summed E-state index contributed by atoms with van der Waals surface area (Å²) in [6, 6.07) is 34.0. The van der Waals surface area contributed by atoms with Gasteiger partial charge in [0.15, 0.2) is 6.10 Å². The fourth-order valence-electron chi connectivity index (χ4n) is 15.1. The highest BCUT2D eigenvalue weighted by Crippen LogP contribution is 2.47. The Balaban J connectivity index is 0.000000189. The lowest BCUT2D eigenvalue weighted by Gasteiger charge is -2.27. The predicted octanol–water partition coefficient (Wildman–Crippen LogP) is 9.31. The zero-order chi connectivity index (χ0) is 97.9. The number of urea groups is 1. The van der Waals surface area contributed by atoms with E-state index in [-0.39, 0.29) is 118 Å². The number of benzene rings is 6. The molecule has 6 aliphatic heterocycles. The van der Waals surface area contributed by atoms with Crippen LogP contribution in [0.15, 0.2) is 137 Å². The highest BCUT2D eigenvalue weighted by molar-refractivity contribution is 7.90. The van der Waals surface area contributed by atoms with Gasteiger partial charge in [-0.3, -0.25) is 19.2 Å². The summed E-state index contributed by atoms with van der Waals surface area (Å²) in [4.78, 5) is 62.5. The van der Waals surface area contributed by atoms with Gasteiger partial charge in [-0.1, -0.05) is 186 Å². The van der Waals surface area contributed by atoms with Gasteiger partial charge in [-0.05, 0) is 146 Å². The molecule has 1 unspecified atom stereocenters. The summed E-state index contributed by atoms with van der Waals surface area (Å²) in [6.45, 7) is 24.9. The van der Waals surface area contributed by atoms with Gasteiger partial charge < -0.3 is 83.8 Å². The Morgan fingerprint density at radius 3 is 1.23 bits per heavy atom. The molecule has 2 atom stereocenters. The van der Waals surface area contributed by atoms with E-state index < -0.39 is 61.6 Å². The third kappa shape index (κ3) is 31.3. The molecule has 0 radical (unpaired) electrons. The van der Waals surface area contributed by atoms with Crippen molar-refractivity contribution in [2.45, 2.75) is 219 Å². The number of hydrogen-bond donors (Lipinski definition) is 10. The molecular weight excluding hydrogens is 1820 g/mol. The lowest BCUT2D eigenvalue weighted by molar-refractivity contribution is -0.136. The molecule has 6 aromatic rings. The van der Waals surface area contributed by atoms with Crippen molar-refractivity contribution >= 4 is 109 Å². The lowest BCUT2D eigenvalue weighted by Crippen LogP contribution is -2.42. The van der Waals surface area contributed by atoms with Crippen molar-refractivity contribution in [3.63, 3.8) is 0 Å². The largest absolute Gasteiger partial charge is 0.493 e. The van der Waals surface area contributed by atoms with Crippen molar-refractivity contribution in [2.24, 2.45) is 73.3 Å². The molecule has 0 aromatic heterocycles. The third-order valence-electron chi connectivity index (χ3n) is 22.4. The number of carbonyl (C=O) groups is 5. The number of nitrogens with one attached hydrogen (secondary N) is 5. The number of aryl methyl sites for hydroxylation is 1. The summed E-state index contributed by atoms with van der Waals surface area (Å²) in [5.74, 6) is 1.24. The average Bonchev–Trinajstić information content (AvgIpc) is 1.68. The van der Waals surface area contributed by atoms with Gasteiger partial charge in [0.1, 0.15) is 71.1 Å². The molecule has 13 rings (SSSR count). The van der Waals surface area contributed by atoms with Crippen LogP contribution in [-0.2, 0) is 111 Å². The number of amidine groups is 5. The van der Waals surface area contributed by atoms with Crippen molar-refractivity contribution in [1.82, 2.24) is 31.5 Å². The maximum atomic E-state index is 12.4. The van der Waals surface area contributed by atoms with Gasteiger partial charge in [-0.2, -0.15) is 0 Å². The number of sulfonamides is 5. The van der Waals surface area contributed by atoms with E-state index in [0.29, 0.717) is 137 Å². The van der Waals surface area contributed by atoms with E-state index in [1.165, 1.54) is 5.56 Å². The van der Waals surface area contributed by atoms with Crippen LogP contribution in [0.4, 0.5) is 4.79 Å². The van der Waals surface area contributed by atoms with Crippen LogP contribution in [0, 0.1) is 22.7 Å². The summed E-state index contributed by atoms with van der Waals surface area (Å²) in [5.41, 5.74) is 36.3. The number of rotatable bonds is 36. The molecule has 134 heavy (non-hydrogen) atoms. The molecule has 6 amide bonds. The molecular formula is C93H130N16O20S5. The zero-order valence-electron chi connectivity index (χ0n) is 78.0. The second-order valence-electron chi connectivity index (χ2n) is 35.3. The van der Waals surface area contributed by atoms with E-state index >= 15 is 0 Å². The van der Waals surface area contributed by atoms with Gasteiger partial charge >= 0.3 is 6.03 Å². The molecule has 36 nitrogen and oxygen atoms in total. The van der Waals surface area contributed by atoms with Crippen molar-refractivity contribution in [3.8, 4) is 28.7 Å². The summed E-state index contributed by atoms with van der Waals surface area (Å²) in [7, 11) is -17.8. The number of hydrogen-bond acceptors (Lipinski definition) is 25. The first-order valence-corrected chi connectivity index (χ1v) is 53.4. The summed E-state index contributed by atoms with van der Waals surface area (Å²) < 4.78 is 164. The molecule has 6 aromatic carbocycles. The second kappa shape index (κ2) is 48.2. The zero-order valence-corrected chi connectivity index (χ0v) is 82.1. The number of carbonyl (C=O) groups excluding carboxylic acids is 5. The average molecular weight is 1950 g/mol. The van der Waals surface area contributed by atoms with Crippen molar-refractivity contribution in [3.05, 3.63) is 182 Å². The van der Waals surface area contributed by atoms with E-state index in [9.17, 15) is 66.1 Å². The molecule has 0 bridgehead atoms. The Kier molecular flexibility index (Phi) is 38.2. The molecule has 732 valence electrons. The van der Waals surface area contributed by atoms with Crippen LogP contribution in [0.25, 0.3) is 0 Å². The van der Waals surface area contributed by atoms with Gasteiger partial charge in [0.25, 0.3) is 56.0 Å². The van der Waals surface area contributed by atoms with Crippen molar-refractivity contribution in [2.75, 3.05) is 59.2 Å². The Morgan fingerprint density at radius 2 is 0.836 bits per heavy atom. The summed E-state index contributed by atoms with van der Waals surface area (Å²) >= 11 is 0. The minimum Gasteiger partial charge on any atom is -0.493 e. The topological polar surface area (TPSA) is 557 Å². The smallest absolute Gasteiger partial charge is 0.315 e. The quantitative estimate of drug-likeness (QED) is 0.0164. The third-order valence-corrected chi connectivity index (χ3v) is 28.2. The minimum atomic E-state index is -3.61. The number of amides is 6.